The molecule has 1 nitrogen and oxygen atoms in total. The predicted molar refractivity (Wildman–Crippen MR) is 76.9 cm³/mol. The first-order valence-corrected chi connectivity index (χ1v) is 7.97. The van der Waals surface area contributed by atoms with E-state index in [9.17, 15) is 0 Å². The zero-order valence-corrected chi connectivity index (χ0v) is 12.1. The maximum absolute atomic E-state index is 6.21. The molecule has 1 unspecified atom stereocenters. The molecule has 1 heterocycles. The van der Waals surface area contributed by atoms with Crippen molar-refractivity contribution in [3.8, 4) is 0 Å². The number of rotatable bonds is 5. The number of nitrogens with one attached hydrogen (secondary N) is 1. The Morgan fingerprint density at radius 2 is 2.18 bits per heavy atom. The van der Waals surface area contributed by atoms with Gasteiger partial charge in [0, 0.05) is 10.9 Å². The highest BCUT2D eigenvalue weighted by molar-refractivity contribution is 7.10. The lowest BCUT2D eigenvalue weighted by molar-refractivity contribution is 0.318. The molecule has 1 saturated carbocycles. The van der Waals surface area contributed by atoms with Crippen LogP contribution in [0.25, 0.3) is 0 Å². The van der Waals surface area contributed by atoms with E-state index < -0.39 is 0 Å². The summed E-state index contributed by atoms with van der Waals surface area (Å²) >= 11 is 7.98. The first-order chi connectivity index (χ1) is 8.31. The smallest absolute Gasteiger partial charge is 0.0561 e. The van der Waals surface area contributed by atoms with Crippen molar-refractivity contribution in [1.29, 1.82) is 0 Å². The first-order valence-electron chi connectivity index (χ1n) is 6.71. The molecule has 1 atom stereocenters. The lowest BCUT2D eigenvalue weighted by atomic mass is 9.85. The van der Waals surface area contributed by atoms with Crippen LogP contribution in [0.3, 0.4) is 0 Å². The van der Waals surface area contributed by atoms with Gasteiger partial charge in [-0.15, -0.1) is 11.3 Å². The van der Waals surface area contributed by atoms with Crippen LogP contribution in [0.2, 0.25) is 5.02 Å². The van der Waals surface area contributed by atoms with Crippen molar-refractivity contribution in [2.24, 2.45) is 5.92 Å². The largest absolute Gasteiger partial charge is 0.312 e. The summed E-state index contributed by atoms with van der Waals surface area (Å²) in [5.74, 6) is 0.957. The van der Waals surface area contributed by atoms with Crippen LogP contribution in [-0.4, -0.2) is 7.05 Å². The summed E-state index contributed by atoms with van der Waals surface area (Å²) in [6, 6.07) is 2.45. The van der Waals surface area contributed by atoms with E-state index in [0.29, 0.717) is 6.04 Å². The third kappa shape index (κ3) is 3.70. The van der Waals surface area contributed by atoms with Crippen molar-refractivity contribution in [3.63, 3.8) is 0 Å². The Morgan fingerprint density at radius 3 is 2.76 bits per heavy atom. The molecule has 0 radical (unpaired) electrons. The average molecular weight is 272 g/mol. The lowest BCUT2D eigenvalue weighted by Gasteiger charge is -2.24. The highest BCUT2D eigenvalue weighted by Crippen LogP contribution is 2.34. The van der Waals surface area contributed by atoms with Gasteiger partial charge in [-0.3, -0.25) is 0 Å². The Kier molecular flexibility index (Phi) is 5.33. The van der Waals surface area contributed by atoms with Crippen molar-refractivity contribution in [2.45, 2.75) is 51.0 Å². The van der Waals surface area contributed by atoms with Gasteiger partial charge < -0.3 is 5.32 Å². The van der Waals surface area contributed by atoms with E-state index in [2.05, 4.69) is 10.7 Å². The van der Waals surface area contributed by atoms with Crippen LogP contribution in [-0.2, 0) is 0 Å². The molecule has 0 amide bonds. The number of hydrogen-bond acceptors (Lipinski definition) is 2. The van der Waals surface area contributed by atoms with Crippen LogP contribution in [0.15, 0.2) is 11.4 Å². The fraction of sp³-hybridized carbons (Fsp3) is 0.714. The number of halogens is 1. The minimum Gasteiger partial charge on any atom is -0.312 e. The van der Waals surface area contributed by atoms with Gasteiger partial charge in [0.05, 0.1) is 5.02 Å². The van der Waals surface area contributed by atoms with Gasteiger partial charge in [-0.2, -0.15) is 0 Å². The molecule has 0 spiro atoms. The van der Waals surface area contributed by atoms with Crippen molar-refractivity contribution in [3.05, 3.63) is 21.3 Å². The molecule has 1 aliphatic carbocycles. The quantitative estimate of drug-likeness (QED) is 0.793. The first kappa shape index (κ1) is 13.4. The van der Waals surface area contributed by atoms with Crippen molar-refractivity contribution < 1.29 is 0 Å². The topological polar surface area (TPSA) is 12.0 Å². The second kappa shape index (κ2) is 6.77. The molecule has 2 rings (SSSR count). The molecule has 1 N–H and O–H groups in total. The molecule has 1 aromatic heterocycles. The van der Waals surface area contributed by atoms with Gasteiger partial charge in [0.2, 0.25) is 0 Å². The van der Waals surface area contributed by atoms with E-state index in [4.69, 9.17) is 11.6 Å². The van der Waals surface area contributed by atoms with Gasteiger partial charge >= 0.3 is 0 Å². The van der Waals surface area contributed by atoms with E-state index in [1.165, 1.54) is 49.8 Å². The zero-order valence-electron chi connectivity index (χ0n) is 10.5. The Hall–Kier alpha value is -0.0500. The van der Waals surface area contributed by atoms with E-state index in [1.807, 2.05) is 13.1 Å². The molecule has 1 fully saturated rings. The molecule has 0 aromatic carbocycles. The summed E-state index contributed by atoms with van der Waals surface area (Å²) in [6.45, 7) is 0. The molecule has 96 valence electrons. The second-order valence-corrected chi connectivity index (χ2v) is 6.41. The standard InChI is InChI=1S/C14H22ClNS/c1-16-13(14-12(15)9-10-17-14)8-7-11-5-3-2-4-6-11/h9-11,13,16H,2-8H2,1H3. The van der Waals surface area contributed by atoms with Crippen molar-refractivity contribution in [1.82, 2.24) is 5.32 Å². The molecular weight excluding hydrogens is 250 g/mol. The fourth-order valence-electron chi connectivity index (χ4n) is 2.84. The monoisotopic (exact) mass is 271 g/mol. The summed E-state index contributed by atoms with van der Waals surface area (Å²) in [5.41, 5.74) is 0. The normalized spacial score (nSPS) is 19.4. The highest BCUT2D eigenvalue weighted by Gasteiger charge is 2.18. The molecule has 3 heteroatoms. The maximum atomic E-state index is 6.21. The Labute approximate surface area is 114 Å². The Bertz CT molecular complexity index is 331. The molecule has 0 saturated heterocycles. The summed E-state index contributed by atoms with van der Waals surface area (Å²) in [4.78, 5) is 1.31. The van der Waals surface area contributed by atoms with Gasteiger partial charge in [-0.25, -0.2) is 0 Å². The van der Waals surface area contributed by atoms with Crippen molar-refractivity contribution >= 4 is 22.9 Å². The van der Waals surface area contributed by atoms with Gasteiger partial charge in [-0.1, -0.05) is 43.7 Å². The number of hydrogen-bond donors (Lipinski definition) is 1. The summed E-state index contributed by atoms with van der Waals surface area (Å²) < 4.78 is 0. The van der Waals surface area contributed by atoms with E-state index in [1.54, 1.807) is 11.3 Å². The predicted octanol–water partition coefficient (Wildman–Crippen LogP) is 5.02. The minimum atomic E-state index is 0.449. The molecule has 17 heavy (non-hydrogen) atoms. The summed E-state index contributed by atoms with van der Waals surface area (Å²) in [6.07, 6.45) is 9.77. The highest BCUT2D eigenvalue weighted by atomic mass is 35.5. The Balaban J connectivity index is 1.85. The minimum absolute atomic E-state index is 0.449. The van der Waals surface area contributed by atoms with E-state index >= 15 is 0 Å². The van der Waals surface area contributed by atoms with Crippen LogP contribution in [0.4, 0.5) is 0 Å². The molecular formula is C14H22ClNS. The van der Waals surface area contributed by atoms with Crippen LogP contribution in [0.1, 0.15) is 55.9 Å². The van der Waals surface area contributed by atoms with Crippen molar-refractivity contribution in [2.75, 3.05) is 7.05 Å². The zero-order chi connectivity index (χ0) is 12.1. The maximum Gasteiger partial charge on any atom is 0.0561 e. The van der Waals surface area contributed by atoms with Crippen LogP contribution < -0.4 is 5.32 Å². The third-order valence-corrected chi connectivity index (χ3v) is 5.37. The van der Waals surface area contributed by atoms with E-state index in [0.717, 1.165) is 10.9 Å². The van der Waals surface area contributed by atoms with Gasteiger partial charge in [0.15, 0.2) is 0 Å². The molecule has 0 bridgehead atoms. The fourth-order valence-corrected chi connectivity index (χ4v) is 4.17. The average Bonchev–Trinajstić information content (AvgIpc) is 2.78. The summed E-state index contributed by atoms with van der Waals surface area (Å²) in [5, 5.41) is 6.43. The Morgan fingerprint density at radius 1 is 1.41 bits per heavy atom. The number of thiophene rings is 1. The molecule has 1 aliphatic rings. The SMILES string of the molecule is CNC(CCC1CCCCC1)c1sccc1Cl. The van der Waals surface area contributed by atoms with E-state index in [-0.39, 0.29) is 0 Å². The molecule has 1 aromatic rings. The van der Waals surface area contributed by atoms with Gasteiger partial charge in [0.25, 0.3) is 0 Å². The lowest BCUT2D eigenvalue weighted by Crippen LogP contribution is -2.17. The van der Waals surface area contributed by atoms with Crippen LogP contribution >= 0.6 is 22.9 Å². The van der Waals surface area contributed by atoms with Gasteiger partial charge in [-0.05, 0) is 37.3 Å². The van der Waals surface area contributed by atoms with Gasteiger partial charge in [0.1, 0.15) is 0 Å². The van der Waals surface area contributed by atoms with Crippen LogP contribution in [0, 0.1) is 5.92 Å². The van der Waals surface area contributed by atoms with Crippen LogP contribution in [0.5, 0.6) is 0 Å². The summed E-state index contributed by atoms with van der Waals surface area (Å²) in [7, 11) is 2.04. The molecule has 0 aliphatic heterocycles. The second-order valence-electron chi connectivity index (χ2n) is 5.06. The third-order valence-electron chi connectivity index (χ3n) is 3.90.